The second kappa shape index (κ2) is 6.16. The zero-order valence-electron chi connectivity index (χ0n) is 11.2. The van der Waals surface area contributed by atoms with Gasteiger partial charge in [0.2, 0.25) is 10.0 Å². The molecule has 0 aromatic heterocycles. The molecule has 0 saturated carbocycles. The molecule has 0 radical (unpaired) electrons. The van der Waals surface area contributed by atoms with Crippen molar-refractivity contribution < 1.29 is 8.42 Å². The van der Waals surface area contributed by atoms with Gasteiger partial charge in [-0.1, -0.05) is 37.6 Å². The van der Waals surface area contributed by atoms with Crippen LogP contribution in [0, 0.1) is 12.8 Å². The van der Waals surface area contributed by atoms with Gasteiger partial charge in [0.15, 0.2) is 0 Å². The first-order valence-corrected chi connectivity index (χ1v) is 7.55. The lowest BCUT2D eigenvalue weighted by atomic mass is 10.0. The van der Waals surface area contributed by atoms with E-state index in [1.165, 1.54) is 0 Å². The Morgan fingerprint density at radius 2 is 1.83 bits per heavy atom. The van der Waals surface area contributed by atoms with E-state index in [2.05, 4.69) is 11.3 Å². The molecule has 0 bridgehead atoms. The fraction of sp³-hybridized carbons (Fsp3) is 0.429. The summed E-state index contributed by atoms with van der Waals surface area (Å²) in [7, 11) is -3.44. The van der Waals surface area contributed by atoms with Crippen LogP contribution < -0.4 is 4.72 Å². The fourth-order valence-electron chi connectivity index (χ4n) is 1.62. The van der Waals surface area contributed by atoms with Gasteiger partial charge in [-0.15, -0.1) is 6.58 Å². The molecule has 18 heavy (non-hydrogen) atoms. The normalized spacial score (nSPS) is 13.6. The molecule has 0 aliphatic heterocycles. The summed E-state index contributed by atoms with van der Waals surface area (Å²) < 4.78 is 27.1. The SMILES string of the molecule is C=CC[C@@H](NS(=O)(=O)c1ccc(C)cc1)C(C)C. The number of aryl methyl sites for hydroxylation is 1. The maximum absolute atomic E-state index is 12.2. The Morgan fingerprint density at radius 1 is 1.28 bits per heavy atom. The summed E-state index contributed by atoms with van der Waals surface area (Å²) in [4.78, 5) is 0.308. The highest BCUT2D eigenvalue weighted by Crippen LogP contribution is 2.14. The van der Waals surface area contributed by atoms with Crippen LogP contribution in [0.3, 0.4) is 0 Å². The third-order valence-electron chi connectivity index (χ3n) is 2.86. The van der Waals surface area contributed by atoms with Crippen LogP contribution >= 0.6 is 0 Å². The topological polar surface area (TPSA) is 46.2 Å². The van der Waals surface area contributed by atoms with Crippen LogP contribution in [0.5, 0.6) is 0 Å². The predicted molar refractivity (Wildman–Crippen MR) is 74.9 cm³/mol. The number of sulfonamides is 1. The number of nitrogens with one attached hydrogen (secondary N) is 1. The third kappa shape index (κ3) is 3.96. The molecule has 1 aromatic rings. The van der Waals surface area contributed by atoms with Crippen LogP contribution in [-0.2, 0) is 10.0 Å². The molecule has 1 rings (SSSR count). The van der Waals surface area contributed by atoms with Crippen LogP contribution in [0.4, 0.5) is 0 Å². The first-order valence-electron chi connectivity index (χ1n) is 6.06. The van der Waals surface area contributed by atoms with Crippen molar-refractivity contribution in [3.8, 4) is 0 Å². The minimum absolute atomic E-state index is 0.117. The summed E-state index contributed by atoms with van der Waals surface area (Å²) in [5.74, 6) is 0.225. The summed E-state index contributed by atoms with van der Waals surface area (Å²) in [6, 6.07) is 6.74. The second-order valence-corrected chi connectivity index (χ2v) is 6.52. The highest BCUT2D eigenvalue weighted by Gasteiger charge is 2.21. The Morgan fingerprint density at radius 3 is 2.28 bits per heavy atom. The molecular weight excluding hydrogens is 246 g/mol. The van der Waals surface area contributed by atoms with E-state index >= 15 is 0 Å². The minimum Gasteiger partial charge on any atom is -0.208 e. The van der Waals surface area contributed by atoms with E-state index in [1.807, 2.05) is 20.8 Å². The van der Waals surface area contributed by atoms with E-state index in [1.54, 1.807) is 30.3 Å². The summed E-state index contributed by atoms with van der Waals surface area (Å²) in [5, 5.41) is 0. The van der Waals surface area contributed by atoms with Gasteiger partial charge in [-0.3, -0.25) is 0 Å². The van der Waals surface area contributed by atoms with Crippen LogP contribution in [0.1, 0.15) is 25.8 Å². The maximum Gasteiger partial charge on any atom is 0.240 e. The molecule has 1 aromatic carbocycles. The summed E-state index contributed by atoms with van der Waals surface area (Å²) in [6.07, 6.45) is 2.37. The molecule has 100 valence electrons. The Bertz CT molecular complexity index is 489. The lowest BCUT2D eigenvalue weighted by Gasteiger charge is -2.20. The van der Waals surface area contributed by atoms with Gasteiger partial charge in [0.25, 0.3) is 0 Å². The zero-order chi connectivity index (χ0) is 13.8. The lowest BCUT2D eigenvalue weighted by molar-refractivity contribution is 0.451. The standard InChI is InChI=1S/C14H21NO2S/c1-5-6-14(11(2)3)15-18(16,17)13-9-7-12(4)8-10-13/h5,7-11,14-15H,1,6H2,2-4H3/t14-/m1/s1. The van der Waals surface area contributed by atoms with E-state index in [0.717, 1.165) is 5.56 Å². The largest absolute Gasteiger partial charge is 0.240 e. The fourth-order valence-corrected chi connectivity index (χ4v) is 3.02. The molecular formula is C14H21NO2S. The van der Waals surface area contributed by atoms with Crippen LogP contribution in [0.15, 0.2) is 41.8 Å². The minimum atomic E-state index is -3.44. The van der Waals surface area contributed by atoms with E-state index < -0.39 is 10.0 Å². The lowest BCUT2D eigenvalue weighted by Crippen LogP contribution is -2.38. The van der Waals surface area contributed by atoms with E-state index in [0.29, 0.717) is 11.3 Å². The van der Waals surface area contributed by atoms with Gasteiger partial charge in [-0.25, -0.2) is 13.1 Å². The first kappa shape index (κ1) is 14.9. The summed E-state index contributed by atoms with van der Waals surface area (Å²) >= 11 is 0. The number of rotatable bonds is 6. The molecule has 0 aliphatic carbocycles. The third-order valence-corrected chi connectivity index (χ3v) is 4.37. The maximum atomic E-state index is 12.2. The molecule has 0 fully saturated rings. The van der Waals surface area contributed by atoms with Crippen molar-refractivity contribution in [3.63, 3.8) is 0 Å². The van der Waals surface area contributed by atoms with Gasteiger partial charge in [0, 0.05) is 6.04 Å². The van der Waals surface area contributed by atoms with E-state index in [-0.39, 0.29) is 12.0 Å². The zero-order valence-corrected chi connectivity index (χ0v) is 12.0. The molecule has 1 N–H and O–H groups in total. The van der Waals surface area contributed by atoms with Crippen molar-refractivity contribution in [1.29, 1.82) is 0 Å². The molecule has 0 aliphatic rings. The smallest absolute Gasteiger partial charge is 0.208 e. The Balaban J connectivity index is 2.93. The van der Waals surface area contributed by atoms with E-state index in [4.69, 9.17) is 0 Å². The monoisotopic (exact) mass is 267 g/mol. The molecule has 0 amide bonds. The predicted octanol–water partition coefficient (Wildman–Crippen LogP) is 2.87. The van der Waals surface area contributed by atoms with Crippen LogP contribution in [0.2, 0.25) is 0 Å². The number of hydrogen-bond acceptors (Lipinski definition) is 2. The van der Waals surface area contributed by atoms with Gasteiger partial charge in [-0.2, -0.15) is 0 Å². The quantitative estimate of drug-likeness (QED) is 0.806. The van der Waals surface area contributed by atoms with Gasteiger partial charge in [0.05, 0.1) is 4.90 Å². The molecule has 4 heteroatoms. The van der Waals surface area contributed by atoms with Crippen molar-refractivity contribution in [3.05, 3.63) is 42.5 Å². The Hall–Kier alpha value is -1.13. The first-order chi connectivity index (χ1) is 8.36. The Kier molecular flexibility index (Phi) is 5.11. The highest BCUT2D eigenvalue weighted by molar-refractivity contribution is 7.89. The van der Waals surface area contributed by atoms with Gasteiger partial charge < -0.3 is 0 Å². The summed E-state index contributed by atoms with van der Waals surface area (Å²) in [6.45, 7) is 9.58. The van der Waals surface area contributed by atoms with Crippen molar-refractivity contribution in [2.45, 2.75) is 38.1 Å². The number of hydrogen-bond donors (Lipinski definition) is 1. The second-order valence-electron chi connectivity index (χ2n) is 4.81. The average Bonchev–Trinajstić information content (AvgIpc) is 2.28. The van der Waals surface area contributed by atoms with Crippen LogP contribution in [-0.4, -0.2) is 14.5 Å². The molecule has 3 nitrogen and oxygen atoms in total. The van der Waals surface area contributed by atoms with Crippen molar-refractivity contribution in [2.24, 2.45) is 5.92 Å². The molecule has 0 spiro atoms. The van der Waals surface area contributed by atoms with Crippen molar-refractivity contribution in [1.82, 2.24) is 4.72 Å². The highest BCUT2D eigenvalue weighted by atomic mass is 32.2. The molecule has 1 atom stereocenters. The molecule has 0 heterocycles. The van der Waals surface area contributed by atoms with E-state index in [9.17, 15) is 8.42 Å². The van der Waals surface area contributed by atoms with Crippen molar-refractivity contribution in [2.75, 3.05) is 0 Å². The Labute approximate surface area is 110 Å². The number of benzene rings is 1. The summed E-state index contributed by atoms with van der Waals surface area (Å²) in [5.41, 5.74) is 1.04. The van der Waals surface area contributed by atoms with Gasteiger partial charge in [0.1, 0.15) is 0 Å². The molecule has 0 saturated heterocycles. The molecule has 0 unspecified atom stereocenters. The van der Waals surface area contributed by atoms with Gasteiger partial charge in [-0.05, 0) is 31.4 Å². The van der Waals surface area contributed by atoms with Gasteiger partial charge >= 0.3 is 0 Å². The van der Waals surface area contributed by atoms with Crippen molar-refractivity contribution >= 4 is 10.0 Å². The van der Waals surface area contributed by atoms with Crippen LogP contribution in [0.25, 0.3) is 0 Å². The average molecular weight is 267 g/mol.